The van der Waals surface area contributed by atoms with E-state index in [9.17, 15) is 18.3 Å². The number of carboxylic acid groups (broad SMARTS) is 1. The number of pyridine rings is 1. The predicted molar refractivity (Wildman–Crippen MR) is 81.6 cm³/mol. The SMILES string of the molecule is CC(C)(C)N(C(=O)O)C1(S(=O)(=O)NCc2ccncc2)CC1. The van der Waals surface area contributed by atoms with Crippen LogP contribution in [0.25, 0.3) is 0 Å². The minimum Gasteiger partial charge on any atom is -0.465 e. The van der Waals surface area contributed by atoms with Crippen LogP contribution < -0.4 is 4.72 Å². The Morgan fingerprint density at radius 3 is 2.32 bits per heavy atom. The third kappa shape index (κ3) is 3.07. The van der Waals surface area contributed by atoms with Crippen LogP contribution in [0, 0.1) is 0 Å². The topological polar surface area (TPSA) is 99.6 Å². The van der Waals surface area contributed by atoms with Crippen molar-refractivity contribution in [2.75, 3.05) is 0 Å². The molecule has 2 rings (SSSR count). The van der Waals surface area contributed by atoms with E-state index < -0.39 is 26.5 Å². The van der Waals surface area contributed by atoms with Gasteiger partial charge in [0.05, 0.1) is 0 Å². The summed E-state index contributed by atoms with van der Waals surface area (Å²) in [6.07, 6.45) is 2.55. The Kier molecular flexibility index (Phi) is 4.18. The largest absolute Gasteiger partial charge is 0.465 e. The highest BCUT2D eigenvalue weighted by molar-refractivity contribution is 7.91. The molecule has 1 amide bonds. The van der Waals surface area contributed by atoms with Gasteiger partial charge < -0.3 is 5.11 Å². The molecular formula is C14H21N3O4S. The first kappa shape index (κ1) is 16.7. The molecule has 122 valence electrons. The summed E-state index contributed by atoms with van der Waals surface area (Å²) in [6.45, 7) is 5.20. The highest BCUT2D eigenvalue weighted by Crippen LogP contribution is 2.49. The van der Waals surface area contributed by atoms with E-state index in [-0.39, 0.29) is 6.54 Å². The Morgan fingerprint density at radius 2 is 1.91 bits per heavy atom. The Labute approximate surface area is 130 Å². The normalized spacial score (nSPS) is 17.0. The van der Waals surface area contributed by atoms with Gasteiger partial charge in [-0.1, -0.05) is 0 Å². The molecular weight excluding hydrogens is 306 g/mol. The summed E-state index contributed by atoms with van der Waals surface area (Å²) < 4.78 is 27.8. The van der Waals surface area contributed by atoms with Crippen molar-refractivity contribution in [1.29, 1.82) is 0 Å². The number of aromatic nitrogens is 1. The number of hydrogen-bond donors (Lipinski definition) is 2. The van der Waals surface area contributed by atoms with Gasteiger partial charge in [0.25, 0.3) is 0 Å². The molecule has 1 aliphatic carbocycles. The van der Waals surface area contributed by atoms with Crippen molar-refractivity contribution < 1.29 is 18.3 Å². The Morgan fingerprint density at radius 1 is 1.36 bits per heavy atom. The number of rotatable bonds is 5. The molecule has 1 saturated carbocycles. The van der Waals surface area contributed by atoms with Crippen molar-refractivity contribution >= 4 is 16.1 Å². The van der Waals surface area contributed by atoms with Crippen molar-refractivity contribution in [2.24, 2.45) is 0 Å². The van der Waals surface area contributed by atoms with Gasteiger partial charge in [-0.25, -0.2) is 17.9 Å². The van der Waals surface area contributed by atoms with Crippen LogP contribution in [0.15, 0.2) is 24.5 Å². The van der Waals surface area contributed by atoms with Gasteiger partial charge in [-0.05, 0) is 51.3 Å². The molecule has 0 radical (unpaired) electrons. The lowest BCUT2D eigenvalue weighted by Gasteiger charge is -2.39. The van der Waals surface area contributed by atoms with Crippen LogP contribution in [0.3, 0.4) is 0 Å². The summed E-state index contributed by atoms with van der Waals surface area (Å²) in [5.74, 6) is 0. The van der Waals surface area contributed by atoms with Gasteiger partial charge in [-0.3, -0.25) is 9.88 Å². The fraction of sp³-hybridized carbons (Fsp3) is 0.571. The molecule has 2 N–H and O–H groups in total. The predicted octanol–water partition coefficient (Wildman–Crippen LogP) is 1.77. The van der Waals surface area contributed by atoms with Crippen LogP contribution in [0.2, 0.25) is 0 Å². The molecule has 0 aliphatic heterocycles. The third-order valence-electron chi connectivity index (χ3n) is 3.66. The molecule has 0 atom stereocenters. The summed E-state index contributed by atoms with van der Waals surface area (Å²) in [5, 5.41) is 9.46. The van der Waals surface area contributed by atoms with Crippen molar-refractivity contribution in [3.05, 3.63) is 30.1 Å². The first-order valence-electron chi connectivity index (χ1n) is 7.01. The van der Waals surface area contributed by atoms with Crippen LogP contribution in [0.1, 0.15) is 39.2 Å². The quantitative estimate of drug-likeness (QED) is 0.858. The summed E-state index contributed by atoms with van der Waals surface area (Å²) in [7, 11) is -3.80. The molecule has 1 heterocycles. The number of nitrogens with one attached hydrogen (secondary N) is 1. The monoisotopic (exact) mass is 327 g/mol. The maximum absolute atomic E-state index is 12.6. The Hall–Kier alpha value is -1.67. The standard InChI is InChI=1S/C14H21N3O4S/c1-13(2,3)17(12(18)19)14(6-7-14)22(20,21)16-10-11-4-8-15-9-5-11/h4-5,8-9,16H,6-7,10H2,1-3H3,(H,18,19). The molecule has 0 bridgehead atoms. The first-order valence-corrected chi connectivity index (χ1v) is 8.50. The smallest absolute Gasteiger partial charge is 0.409 e. The van der Waals surface area contributed by atoms with Crippen molar-refractivity contribution in [1.82, 2.24) is 14.6 Å². The van der Waals surface area contributed by atoms with Crippen LogP contribution in [0.5, 0.6) is 0 Å². The van der Waals surface area contributed by atoms with Gasteiger partial charge in [0.15, 0.2) is 4.87 Å². The van der Waals surface area contributed by atoms with Gasteiger partial charge in [-0.2, -0.15) is 0 Å². The van der Waals surface area contributed by atoms with Crippen molar-refractivity contribution in [3.63, 3.8) is 0 Å². The van der Waals surface area contributed by atoms with Crippen LogP contribution in [-0.2, 0) is 16.6 Å². The first-order chi connectivity index (χ1) is 10.1. The third-order valence-corrected chi connectivity index (χ3v) is 5.78. The van der Waals surface area contributed by atoms with Crippen molar-refractivity contribution in [2.45, 2.75) is 50.6 Å². The van der Waals surface area contributed by atoms with E-state index in [1.54, 1.807) is 45.3 Å². The number of hydrogen-bond acceptors (Lipinski definition) is 4. The van der Waals surface area contributed by atoms with E-state index in [0.29, 0.717) is 12.8 Å². The van der Waals surface area contributed by atoms with Crippen LogP contribution in [0.4, 0.5) is 4.79 Å². The minimum absolute atomic E-state index is 0.115. The minimum atomic E-state index is -3.80. The maximum Gasteiger partial charge on any atom is 0.409 e. The van der Waals surface area contributed by atoms with E-state index in [1.807, 2.05) is 0 Å². The molecule has 0 saturated heterocycles. The lowest BCUT2D eigenvalue weighted by molar-refractivity contribution is 0.0839. The van der Waals surface area contributed by atoms with Crippen LogP contribution >= 0.6 is 0 Å². The second-order valence-electron chi connectivity index (χ2n) is 6.42. The average molecular weight is 327 g/mol. The molecule has 22 heavy (non-hydrogen) atoms. The zero-order valence-corrected chi connectivity index (χ0v) is 13.7. The zero-order chi connectivity index (χ0) is 16.6. The van der Waals surface area contributed by atoms with Gasteiger partial charge in [-0.15, -0.1) is 0 Å². The van der Waals surface area contributed by atoms with E-state index >= 15 is 0 Å². The second kappa shape index (κ2) is 5.51. The number of amides is 1. The van der Waals surface area contributed by atoms with E-state index in [4.69, 9.17) is 0 Å². The molecule has 0 spiro atoms. The van der Waals surface area contributed by atoms with Gasteiger partial charge in [0, 0.05) is 24.5 Å². The fourth-order valence-corrected chi connectivity index (χ4v) is 4.46. The van der Waals surface area contributed by atoms with E-state index in [0.717, 1.165) is 10.5 Å². The summed E-state index contributed by atoms with van der Waals surface area (Å²) in [6, 6.07) is 3.42. The molecule has 1 aliphatic rings. The molecule has 7 nitrogen and oxygen atoms in total. The fourth-order valence-electron chi connectivity index (χ4n) is 2.61. The lowest BCUT2D eigenvalue weighted by atomic mass is 10.1. The summed E-state index contributed by atoms with van der Waals surface area (Å²) in [5.41, 5.74) is -0.0275. The van der Waals surface area contributed by atoms with Gasteiger partial charge in [0.1, 0.15) is 0 Å². The zero-order valence-electron chi connectivity index (χ0n) is 12.9. The molecule has 0 aromatic carbocycles. The Balaban J connectivity index is 2.22. The average Bonchev–Trinajstić information content (AvgIpc) is 3.17. The van der Waals surface area contributed by atoms with E-state index in [2.05, 4.69) is 9.71 Å². The Bertz CT molecular complexity index is 648. The highest BCUT2D eigenvalue weighted by atomic mass is 32.2. The van der Waals surface area contributed by atoms with Gasteiger partial charge >= 0.3 is 6.09 Å². The second-order valence-corrected chi connectivity index (χ2v) is 8.47. The molecule has 0 unspecified atom stereocenters. The summed E-state index contributed by atoms with van der Waals surface area (Å²) in [4.78, 5) is 15.1. The number of sulfonamides is 1. The van der Waals surface area contributed by atoms with Gasteiger partial charge in [0.2, 0.25) is 10.0 Å². The highest BCUT2D eigenvalue weighted by Gasteiger charge is 2.63. The lowest BCUT2D eigenvalue weighted by Crippen LogP contribution is -2.58. The molecule has 1 fully saturated rings. The molecule has 1 aromatic rings. The number of nitrogens with zero attached hydrogens (tertiary/aromatic N) is 2. The summed E-state index contributed by atoms with van der Waals surface area (Å²) >= 11 is 0. The van der Waals surface area contributed by atoms with Crippen LogP contribution in [-0.4, -0.2) is 39.9 Å². The van der Waals surface area contributed by atoms with Crippen molar-refractivity contribution in [3.8, 4) is 0 Å². The number of carbonyl (C=O) groups is 1. The molecule has 8 heteroatoms. The van der Waals surface area contributed by atoms with E-state index in [1.165, 1.54) is 0 Å². The molecule has 1 aromatic heterocycles. The maximum atomic E-state index is 12.6.